The van der Waals surface area contributed by atoms with Crippen molar-refractivity contribution in [2.24, 2.45) is 0 Å². The van der Waals surface area contributed by atoms with Crippen molar-refractivity contribution in [3.8, 4) is 0 Å². The Bertz CT molecular complexity index is 696. The number of anilines is 1. The van der Waals surface area contributed by atoms with Crippen molar-refractivity contribution >= 4 is 29.3 Å². The molecule has 0 aromatic heterocycles. The van der Waals surface area contributed by atoms with E-state index in [1.807, 2.05) is 62.4 Å². The van der Waals surface area contributed by atoms with E-state index in [9.17, 15) is 9.59 Å². The summed E-state index contributed by atoms with van der Waals surface area (Å²) in [4.78, 5) is 24.2. The van der Waals surface area contributed by atoms with Crippen LogP contribution in [0.3, 0.4) is 0 Å². The molecule has 2 aromatic carbocycles. The van der Waals surface area contributed by atoms with Crippen LogP contribution in [0, 0.1) is 6.92 Å². The van der Waals surface area contributed by atoms with E-state index in [0.29, 0.717) is 6.54 Å². The molecule has 4 nitrogen and oxygen atoms in total. The lowest BCUT2D eigenvalue weighted by molar-refractivity contribution is -0.120. The molecule has 0 fully saturated rings. The molecule has 2 amide bonds. The minimum atomic E-state index is -0.193. The van der Waals surface area contributed by atoms with Crippen molar-refractivity contribution in [1.29, 1.82) is 0 Å². The molecule has 0 aliphatic heterocycles. The van der Waals surface area contributed by atoms with Gasteiger partial charge in [0.25, 0.3) is 0 Å². The monoisotopic (exact) mass is 342 g/mol. The summed E-state index contributed by atoms with van der Waals surface area (Å²) < 4.78 is 0. The fraction of sp³-hybridized carbons (Fsp3) is 0.263. The second-order valence-corrected chi connectivity index (χ2v) is 7.08. The normalized spacial score (nSPS) is 11.6. The van der Waals surface area contributed by atoms with Crippen molar-refractivity contribution in [3.63, 3.8) is 0 Å². The topological polar surface area (TPSA) is 58.2 Å². The highest BCUT2D eigenvalue weighted by Gasteiger charge is 2.14. The molecule has 126 valence electrons. The van der Waals surface area contributed by atoms with Gasteiger partial charge in [0.1, 0.15) is 0 Å². The Balaban J connectivity index is 1.84. The first-order valence-electron chi connectivity index (χ1n) is 7.81. The average Bonchev–Trinajstić information content (AvgIpc) is 2.55. The fourth-order valence-corrected chi connectivity index (χ4v) is 3.01. The van der Waals surface area contributed by atoms with Crippen LogP contribution in [0.4, 0.5) is 5.69 Å². The SMILES string of the molecule is CC(=O)Nc1ccc(SC(C)C(=O)NCc2ccc(C)cc2)cc1. The van der Waals surface area contributed by atoms with E-state index in [2.05, 4.69) is 10.6 Å². The molecule has 0 saturated heterocycles. The molecule has 24 heavy (non-hydrogen) atoms. The fourth-order valence-electron chi connectivity index (χ4n) is 2.12. The molecule has 0 spiro atoms. The summed E-state index contributed by atoms with van der Waals surface area (Å²) in [6.07, 6.45) is 0. The molecule has 1 unspecified atom stereocenters. The molecule has 1 atom stereocenters. The van der Waals surface area contributed by atoms with Crippen LogP contribution in [-0.4, -0.2) is 17.1 Å². The molecule has 0 heterocycles. The van der Waals surface area contributed by atoms with E-state index in [1.165, 1.54) is 24.2 Å². The number of hydrogen-bond donors (Lipinski definition) is 2. The van der Waals surface area contributed by atoms with Crippen LogP contribution in [0.1, 0.15) is 25.0 Å². The van der Waals surface area contributed by atoms with Gasteiger partial charge in [-0.05, 0) is 43.7 Å². The minimum Gasteiger partial charge on any atom is -0.351 e. The third kappa shape index (κ3) is 5.74. The van der Waals surface area contributed by atoms with E-state index < -0.39 is 0 Å². The molecular weight excluding hydrogens is 320 g/mol. The van der Waals surface area contributed by atoms with Crippen molar-refractivity contribution in [2.45, 2.75) is 37.5 Å². The number of nitrogens with one attached hydrogen (secondary N) is 2. The molecule has 0 aliphatic rings. The van der Waals surface area contributed by atoms with Gasteiger partial charge >= 0.3 is 0 Å². The third-order valence-electron chi connectivity index (χ3n) is 3.44. The number of amides is 2. The molecule has 2 N–H and O–H groups in total. The molecule has 0 aliphatic carbocycles. The zero-order chi connectivity index (χ0) is 17.5. The Hall–Kier alpha value is -2.27. The first-order valence-corrected chi connectivity index (χ1v) is 8.69. The standard InChI is InChI=1S/C19H22N2O2S/c1-13-4-6-16(7-5-13)12-20-19(23)14(2)24-18-10-8-17(9-11-18)21-15(3)22/h4-11,14H,12H2,1-3H3,(H,20,23)(H,21,22). The largest absolute Gasteiger partial charge is 0.351 e. The summed E-state index contributed by atoms with van der Waals surface area (Å²) in [7, 11) is 0. The maximum absolute atomic E-state index is 12.2. The molecule has 2 aromatic rings. The smallest absolute Gasteiger partial charge is 0.233 e. The van der Waals surface area contributed by atoms with E-state index in [1.54, 1.807) is 0 Å². The van der Waals surface area contributed by atoms with Crippen molar-refractivity contribution in [1.82, 2.24) is 5.32 Å². The zero-order valence-electron chi connectivity index (χ0n) is 14.1. The lowest BCUT2D eigenvalue weighted by atomic mass is 10.1. The quantitative estimate of drug-likeness (QED) is 0.786. The second kappa shape index (κ2) is 8.55. The molecular formula is C19H22N2O2S. The number of aryl methyl sites for hydroxylation is 1. The summed E-state index contributed by atoms with van der Waals surface area (Å²) in [6, 6.07) is 15.6. The van der Waals surface area contributed by atoms with Gasteiger partial charge in [-0.15, -0.1) is 11.8 Å². The Labute approximate surface area is 147 Å². The van der Waals surface area contributed by atoms with Gasteiger partial charge in [0.2, 0.25) is 11.8 Å². The summed E-state index contributed by atoms with van der Waals surface area (Å²) >= 11 is 1.49. The molecule has 0 saturated carbocycles. The Morgan fingerprint density at radius 1 is 1.04 bits per heavy atom. The Kier molecular flexibility index (Phi) is 6.44. The highest BCUT2D eigenvalue weighted by Crippen LogP contribution is 2.24. The lowest BCUT2D eigenvalue weighted by Gasteiger charge is -2.12. The van der Waals surface area contributed by atoms with Gasteiger partial charge in [-0.2, -0.15) is 0 Å². The van der Waals surface area contributed by atoms with Crippen molar-refractivity contribution in [2.75, 3.05) is 5.32 Å². The summed E-state index contributed by atoms with van der Waals surface area (Å²) in [6.45, 7) is 5.93. The van der Waals surface area contributed by atoms with Gasteiger partial charge in [0.05, 0.1) is 5.25 Å². The summed E-state index contributed by atoms with van der Waals surface area (Å²) in [5.41, 5.74) is 3.05. The Morgan fingerprint density at radius 2 is 1.67 bits per heavy atom. The molecule has 2 rings (SSSR count). The second-order valence-electron chi connectivity index (χ2n) is 5.67. The number of thioether (sulfide) groups is 1. The van der Waals surface area contributed by atoms with Gasteiger partial charge < -0.3 is 10.6 Å². The van der Waals surface area contributed by atoms with E-state index in [4.69, 9.17) is 0 Å². The summed E-state index contributed by atoms with van der Waals surface area (Å²) in [5.74, 6) is -0.0919. The maximum Gasteiger partial charge on any atom is 0.233 e. The van der Waals surface area contributed by atoms with Gasteiger partial charge in [0.15, 0.2) is 0 Å². The maximum atomic E-state index is 12.2. The minimum absolute atomic E-state index is 0.00603. The van der Waals surface area contributed by atoms with Crippen molar-refractivity contribution < 1.29 is 9.59 Å². The zero-order valence-corrected chi connectivity index (χ0v) is 14.9. The van der Waals surface area contributed by atoms with E-state index in [-0.39, 0.29) is 17.1 Å². The summed E-state index contributed by atoms with van der Waals surface area (Å²) in [5, 5.41) is 5.49. The van der Waals surface area contributed by atoms with Crippen molar-refractivity contribution in [3.05, 3.63) is 59.7 Å². The predicted molar refractivity (Wildman–Crippen MR) is 99.1 cm³/mol. The number of carbonyl (C=O) groups excluding carboxylic acids is 2. The Morgan fingerprint density at radius 3 is 2.25 bits per heavy atom. The van der Waals surface area contributed by atoms with Gasteiger partial charge in [-0.25, -0.2) is 0 Å². The predicted octanol–water partition coefficient (Wildman–Crippen LogP) is 3.75. The van der Waals surface area contributed by atoms with Gasteiger partial charge in [0, 0.05) is 24.1 Å². The van der Waals surface area contributed by atoms with Crippen LogP contribution in [0.15, 0.2) is 53.4 Å². The number of benzene rings is 2. The van der Waals surface area contributed by atoms with Crippen LogP contribution < -0.4 is 10.6 Å². The average molecular weight is 342 g/mol. The number of carbonyl (C=O) groups is 2. The number of hydrogen-bond acceptors (Lipinski definition) is 3. The van der Waals surface area contributed by atoms with E-state index in [0.717, 1.165) is 16.1 Å². The van der Waals surface area contributed by atoms with Crippen LogP contribution >= 0.6 is 11.8 Å². The first kappa shape index (κ1) is 18.1. The molecule has 0 bridgehead atoms. The van der Waals surface area contributed by atoms with Gasteiger partial charge in [-0.3, -0.25) is 9.59 Å². The molecule has 0 radical (unpaired) electrons. The molecule has 5 heteroatoms. The highest BCUT2D eigenvalue weighted by molar-refractivity contribution is 8.00. The number of rotatable bonds is 6. The van der Waals surface area contributed by atoms with E-state index >= 15 is 0 Å². The van der Waals surface area contributed by atoms with Crippen LogP contribution in [0.25, 0.3) is 0 Å². The lowest BCUT2D eigenvalue weighted by Crippen LogP contribution is -2.30. The van der Waals surface area contributed by atoms with Crippen LogP contribution in [0.2, 0.25) is 0 Å². The van der Waals surface area contributed by atoms with Gasteiger partial charge in [-0.1, -0.05) is 29.8 Å². The first-order chi connectivity index (χ1) is 11.4. The van der Waals surface area contributed by atoms with Crippen LogP contribution in [0.5, 0.6) is 0 Å². The van der Waals surface area contributed by atoms with Crippen LogP contribution in [-0.2, 0) is 16.1 Å². The highest BCUT2D eigenvalue weighted by atomic mass is 32.2. The third-order valence-corrected chi connectivity index (χ3v) is 4.56.